The molecule has 1 aliphatic carbocycles. The van der Waals surface area contributed by atoms with E-state index < -0.39 is 21.8 Å². The van der Waals surface area contributed by atoms with Gasteiger partial charge in [-0.2, -0.15) is 0 Å². The van der Waals surface area contributed by atoms with E-state index in [-0.39, 0.29) is 45.4 Å². The summed E-state index contributed by atoms with van der Waals surface area (Å²) >= 11 is 0. The summed E-state index contributed by atoms with van der Waals surface area (Å²) in [6.07, 6.45) is 9.27. The Hall–Kier alpha value is -5.18. The van der Waals surface area contributed by atoms with Crippen molar-refractivity contribution < 1.29 is 32.2 Å². The van der Waals surface area contributed by atoms with E-state index >= 15 is 4.39 Å². The number of carboxylic acid groups (broad SMARTS) is 1. The van der Waals surface area contributed by atoms with E-state index in [1.54, 1.807) is 49.7 Å². The number of aromatic carboxylic acids is 1. The average molecular weight is 769 g/mol. The molecule has 0 radical (unpaired) electrons. The fourth-order valence-electron chi connectivity index (χ4n) is 7.19. The number of hydrogen-bond acceptors (Lipinski definition) is 10. The maximum absolute atomic E-state index is 16.6. The first-order valence-corrected chi connectivity index (χ1v) is 20.2. The largest absolute Gasteiger partial charge is 0.497 e. The molecule has 1 saturated heterocycles. The van der Waals surface area contributed by atoms with Crippen LogP contribution < -0.4 is 19.5 Å². The number of likely N-dealkylation sites (tertiary alicyclic amines) is 1. The van der Waals surface area contributed by atoms with Crippen molar-refractivity contribution in [3.63, 3.8) is 0 Å². The maximum Gasteiger partial charge on any atom is 0.335 e. The van der Waals surface area contributed by atoms with Crippen molar-refractivity contribution in [1.29, 1.82) is 0 Å². The molecular formula is C41H45FN6O6S. The SMILES string of the molecule is CCc1ncc(-c2cc(F)c3c(Nc4cc(OC5CCN(C6CCC6)CC5)cc(C(=O)O)c4)c(S(=O)(=O)NCc4ccc(OC)cc4)cnc3c2)c(CC)n1. The molecule has 3 heterocycles. The van der Waals surface area contributed by atoms with Crippen LogP contribution in [0.4, 0.5) is 15.8 Å². The Morgan fingerprint density at radius 3 is 2.38 bits per heavy atom. The Balaban J connectivity index is 1.27. The third kappa shape index (κ3) is 8.41. The van der Waals surface area contributed by atoms with E-state index in [2.05, 4.69) is 29.9 Å². The predicted octanol–water partition coefficient (Wildman–Crippen LogP) is 7.28. The van der Waals surface area contributed by atoms with Crippen molar-refractivity contribution in [2.45, 2.75) is 82.4 Å². The summed E-state index contributed by atoms with van der Waals surface area (Å²) in [6.45, 7) is 5.66. The molecule has 3 N–H and O–H groups in total. The minimum Gasteiger partial charge on any atom is -0.497 e. The molecule has 1 aliphatic heterocycles. The standard InChI is InChI=1S/C41H45FN6O6S/c1-4-35-33(23-44-38(5-2)47-35)26-19-34(42)39-36(20-26)43-24-37(55(51,52)45-22-25-9-11-30(53-3)12-10-25)40(39)46-28-17-27(41(49)50)18-32(21-28)54-31-13-15-48(16-14-31)29-7-6-8-29/h9-12,17-21,23-24,29,31,45H,4-8,13-16,22H2,1-3H3,(H,43,46)(H,49,50). The van der Waals surface area contributed by atoms with Gasteiger partial charge in [-0.3, -0.25) is 4.98 Å². The van der Waals surface area contributed by atoms with Gasteiger partial charge in [-0.05, 0) is 79.6 Å². The molecule has 12 nitrogen and oxygen atoms in total. The van der Waals surface area contributed by atoms with Crippen LogP contribution in [0.5, 0.6) is 11.5 Å². The van der Waals surface area contributed by atoms with Crippen LogP contribution in [0.2, 0.25) is 0 Å². The summed E-state index contributed by atoms with van der Waals surface area (Å²) in [4.78, 5) is 28.0. The first-order valence-electron chi connectivity index (χ1n) is 18.7. The number of nitrogens with one attached hydrogen (secondary N) is 2. The van der Waals surface area contributed by atoms with Crippen LogP contribution in [0.25, 0.3) is 22.0 Å². The highest BCUT2D eigenvalue weighted by Crippen LogP contribution is 2.38. The average Bonchev–Trinajstić information content (AvgIpc) is 3.16. The third-order valence-corrected chi connectivity index (χ3v) is 11.9. The van der Waals surface area contributed by atoms with Crippen LogP contribution in [0.15, 0.2) is 71.9 Å². The molecule has 0 unspecified atom stereocenters. The minimum absolute atomic E-state index is 0.0647. The lowest BCUT2D eigenvalue weighted by atomic mass is 9.90. The van der Waals surface area contributed by atoms with Gasteiger partial charge >= 0.3 is 5.97 Å². The summed E-state index contributed by atoms with van der Waals surface area (Å²) in [6, 6.07) is 15.0. The molecule has 288 valence electrons. The van der Waals surface area contributed by atoms with E-state index in [0.29, 0.717) is 52.9 Å². The maximum atomic E-state index is 16.6. The summed E-state index contributed by atoms with van der Waals surface area (Å²) in [5, 5.41) is 13.1. The summed E-state index contributed by atoms with van der Waals surface area (Å²) in [5.74, 6) is -0.317. The molecule has 3 aromatic carbocycles. The van der Waals surface area contributed by atoms with E-state index in [9.17, 15) is 18.3 Å². The van der Waals surface area contributed by atoms with Gasteiger partial charge in [0.05, 0.1) is 35.0 Å². The number of aryl methyl sites for hydroxylation is 2. The van der Waals surface area contributed by atoms with E-state index in [1.165, 1.54) is 43.7 Å². The van der Waals surface area contributed by atoms with E-state index in [0.717, 1.165) is 31.6 Å². The molecule has 0 bridgehead atoms. The Kier molecular flexibility index (Phi) is 11.3. The summed E-state index contributed by atoms with van der Waals surface area (Å²) in [5.41, 5.74) is 2.76. The molecule has 0 atom stereocenters. The smallest absolute Gasteiger partial charge is 0.335 e. The summed E-state index contributed by atoms with van der Waals surface area (Å²) < 4.78 is 58.9. The molecule has 2 aromatic heterocycles. The van der Waals surface area contributed by atoms with Crippen molar-refractivity contribution in [3.8, 4) is 22.6 Å². The number of sulfonamides is 1. The fraction of sp³-hybridized carbons (Fsp3) is 0.366. The lowest BCUT2D eigenvalue weighted by Crippen LogP contribution is -2.46. The van der Waals surface area contributed by atoms with Gasteiger partial charge in [0.15, 0.2) is 0 Å². The van der Waals surface area contributed by atoms with Crippen molar-refractivity contribution in [2.24, 2.45) is 0 Å². The van der Waals surface area contributed by atoms with Crippen LogP contribution >= 0.6 is 0 Å². The number of ether oxygens (including phenoxy) is 2. The first-order chi connectivity index (χ1) is 26.5. The number of nitrogens with zero attached hydrogens (tertiary/aromatic N) is 4. The number of carbonyl (C=O) groups is 1. The second-order valence-electron chi connectivity index (χ2n) is 14.0. The predicted molar refractivity (Wildman–Crippen MR) is 208 cm³/mol. The highest BCUT2D eigenvalue weighted by atomic mass is 32.2. The van der Waals surface area contributed by atoms with Gasteiger partial charge in [-0.25, -0.2) is 32.3 Å². The number of halogens is 1. The minimum atomic E-state index is -4.33. The summed E-state index contributed by atoms with van der Waals surface area (Å²) in [7, 11) is -2.79. The number of rotatable bonds is 14. The molecule has 55 heavy (non-hydrogen) atoms. The highest BCUT2D eigenvalue weighted by molar-refractivity contribution is 7.89. The van der Waals surface area contributed by atoms with Crippen LogP contribution in [-0.4, -0.2) is 71.7 Å². The number of aromatic nitrogens is 3. The number of carboxylic acids is 1. The van der Waals surface area contributed by atoms with Gasteiger partial charge in [0, 0.05) is 61.8 Å². The lowest BCUT2D eigenvalue weighted by molar-refractivity contribution is 0.0491. The number of piperidine rings is 1. The van der Waals surface area contributed by atoms with Crippen LogP contribution in [0.3, 0.4) is 0 Å². The van der Waals surface area contributed by atoms with Gasteiger partial charge in [0.1, 0.15) is 34.1 Å². The normalized spacial score (nSPS) is 15.5. The first kappa shape index (κ1) is 38.1. The van der Waals surface area contributed by atoms with Gasteiger partial charge < -0.3 is 24.8 Å². The molecular weight excluding hydrogens is 724 g/mol. The second-order valence-corrected chi connectivity index (χ2v) is 15.7. The number of anilines is 2. The molecule has 14 heteroatoms. The van der Waals surface area contributed by atoms with Crippen molar-refractivity contribution >= 4 is 38.3 Å². The van der Waals surface area contributed by atoms with Gasteiger partial charge in [0.25, 0.3) is 0 Å². The van der Waals surface area contributed by atoms with Crippen LogP contribution in [0, 0.1) is 5.82 Å². The van der Waals surface area contributed by atoms with Gasteiger partial charge in [-0.1, -0.05) is 32.4 Å². The Bertz CT molecular complexity index is 2310. The second kappa shape index (κ2) is 16.3. The van der Waals surface area contributed by atoms with Gasteiger partial charge in [-0.15, -0.1) is 0 Å². The molecule has 2 fully saturated rings. The zero-order valence-corrected chi connectivity index (χ0v) is 32.0. The number of fused-ring (bicyclic) bond motifs is 1. The molecule has 1 saturated carbocycles. The number of methoxy groups -OCH3 is 1. The van der Waals surface area contributed by atoms with E-state index in [4.69, 9.17) is 9.47 Å². The number of pyridine rings is 1. The topological polar surface area (TPSA) is 156 Å². The number of benzene rings is 3. The third-order valence-electron chi connectivity index (χ3n) is 10.5. The zero-order chi connectivity index (χ0) is 38.7. The van der Waals surface area contributed by atoms with Crippen molar-refractivity contribution in [2.75, 3.05) is 25.5 Å². The van der Waals surface area contributed by atoms with Crippen molar-refractivity contribution in [1.82, 2.24) is 24.6 Å². The molecule has 0 spiro atoms. The number of hydrogen-bond donors (Lipinski definition) is 3. The molecule has 2 aliphatic rings. The lowest BCUT2D eigenvalue weighted by Gasteiger charge is -2.41. The fourth-order valence-corrected chi connectivity index (χ4v) is 8.32. The Morgan fingerprint density at radius 1 is 0.964 bits per heavy atom. The Morgan fingerprint density at radius 2 is 1.73 bits per heavy atom. The van der Waals surface area contributed by atoms with Crippen LogP contribution in [0.1, 0.15) is 73.4 Å². The van der Waals surface area contributed by atoms with E-state index in [1.807, 2.05) is 13.8 Å². The van der Waals surface area contributed by atoms with Crippen LogP contribution in [-0.2, 0) is 29.4 Å². The zero-order valence-electron chi connectivity index (χ0n) is 31.1. The highest BCUT2D eigenvalue weighted by Gasteiger charge is 2.30. The molecule has 0 amide bonds. The monoisotopic (exact) mass is 768 g/mol. The van der Waals surface area contributed by atoms with Crippen molar-refractivity contribution in [3.05, 3.63) is 95.5 Å². The van der Waals surface area contributed by atoms with Gasteiger partial charge in [0.2, 0.25) is 10.0 Å². The molecule has 7 rings (SSSR count). The molecule has 5 aromatic rings. The Labute approximate surface area is 320 Å². The quantitative estimate of drug-likeness (QED) is 0.104.